The number of aromatic nitrogens is 2. The van der Waals surface area contributed by atoms with Gasteiger partial charge in [-0.25, -0.2) is 4.79 Å². The summed E-state index contributed by atoms with van der Waals surface area (Å²) < 4.78 is 73.5. The number of aryl methyl sites for hydroxylation is 1. The van der Waals surface area contributed by atoms with E-state index in [0.717, 1.165) is 16.7 Å². The molecule has 38 heavy (non-hydrogen) atoms. The van der Waals surface area contributed by atoms with E-state index in [0.29, 0.717) is 5.56 Å². The number of halogens is 6. The molecule has 17 heteroatoms. The molecule has 0 aliphatic rings. The Labute approximate surface area is 206 Å². The van der Waals surface area contributed by atoms with Gasteiger partial charge in [0.25, 0.3) is 11.5 Å². The van der Waals surface area contributed by atoms with Crippen molar-refractivity contribution in [3.63, 3.8) is 0 Å². The number of rotatable bonds is 5. The van der Waals surface area contributed by atoms with E-state index in [9.17, 15) is 45.8 Å². The van der Waals surface area contributed by atoms with Crippen LogP contribution in [0.1, 0.15) is 10.4 Å². The molecule has 0 bridgehead atoms. The minimum Gasteiger partial charge on any atom is -0.506 e. The van der Waals surface area contributed by atoms with Crippen molar-refractivity contribution < 1.29 is 60.8 Å². The lowest BCUT2D eigenvalue weighted by atomic mass is 10.1. The van der Waals surface area contributed by atoms with E-state index in [1.165, 1.54) is 31.4 Å². The molecular weight excluding hydrogens is 536 g/mol. The fourth-order valence-electron chi connectivity index (χ4n) is 2.85. The Morgan fingerprint density at radius 3 is 2.08 bits per heavy atom. The van der Waals surface area contributed by atoms with E-state index in [1.807, 2.05) is 5.32 Å². The first-order valence-electron chi connectivity index (χ1n) is 9.80. The number of benzene rings is 1. The number of fused-ring (bicyclic) bond motifs is 1. The van der Waals surface area contributed by atoms with E-state index in [-0.39, 0.29) is 16.6 Å². The molecule has 0 atom stereocenters. The van der Waals surface area contributed by atoms with Crippen molar-refractivity contribution in [3.05, 3.63) is 52.4 Å². The van der Waals surface area contributed by atoms with Crippen LogP contribution in [0.2, 0.25) is 0 Å². The zero-order chi connectivity index (χ0) is 29.0. The summed E-state index contributed by atoms with van der Waals surface area (Å²) in [6.07, 6.45) is -8.66. The fourth-order valence-corrected chi connectivity index (χ4v) is 2.85. The molecule has 2 heterocycles. The third-order valence-corrected chi connectivity index (χ3v) is 4.51. The average Bonchev–Trinajstić information content (AvgIpc) is 2.80. The van der Waals surface area contributed by atoms with E-state index >= 15 is 0 Å². The molecule has 204 valence electrons. The smallest absolute Gasteiger partial charge is 0.506 e. The van der Waals surface area contributed by atoms with Crippen LogP contribution in [0.25, 0.3) is 22.2 Å². The number of amides is 1. The number of aromatic hydroxyl groups is 1. The molecule has 4 N–H and O–H groups in total. The summed E-state index contributed by atoms with van der Waals surface area (Å²) in [5, 5.41) is 28.4. The lowest BCUT2D eigenvalue weighted by Crippen LogP contribution is -2.35. The number of carboxylic acids is 2. The first-order chi connectivity index (χ1) is 17.4. The number of nitrogens with one attached hydrogen (secondary N) is 1. The summed E-state index contributed by atoms with van der Waals surface area (Å²) in [5.74, 6) is -6.28. The van der Waals surface area contributed by atoms with Gasteiger partial charge in [0.05, 0.1) is 17.4 Å². The molecule has 2 aromatic heterocycles. The Balaban J connectivity index is 0.000000638. The minimum absolute atomic E-state index is 0.0585. The molecule has 0 fully saturated rings. The minimum atomic E-state index is -5.08. The maximum absolute atomic E-state index is 12.5. The van der Waals surface area contributed by atoms with E-state index in [1.54, 1.807) is 0 Å². The zero-order valence-corrected chi connectivity index (χ0v) is 18.7. The molecular formula is C21H15F6N3O8. The first-order valence-corrected chi connectivity index (χ1v) is 9.80. The number of alkyl halides is 6. The maximum atomic E-state index is 12.5. The third kappa shape index (κ3) is 7.34. The van der Waals surface area contributed by atoms with Crippen LogP contribution in [0.5, 0.6) is 11.5 Å². The van der Waals surface area contributed by atoms with Gasteiger partial charge < -0.3 is 29.9 Å². The standard InChI is InChI=1S/C19H14F3N3O6.C2HF3O2/c1-25-13-7-23-12(9-2-4-10(5-3-9)31-19(20,21)22)6-11(13)16(28)15(18(25)30)17(29)24-8-14(26)27;3-2(4,5)1(6)7/h2-7,28H,8H2,1H3,(H,24,29)(H,26,27);(H,6,7). The Hall–Kier alpha value is -4.83. The van der Waals surface area contributed by atoms with Gasteiger partial charge in [0.15, 0.2) is 0 Å². The summed E-state index contributed by atoms with van der Waals surface area (Å²) in [6, 6.07) is 6.14. The molecule has 3 rings (SSSR count). The Morgan fingerprint density at radius 2 is 1.61 bits per heavy atom. The van der Waals surface area contributed by atoms with Crippen molar-refractivity contribution in [2.75, 3.05) is 6.54 Å². The van der Waals surface area contributed by atoms with Crippen LogP contribution < -0.4 is 15.6 Å². The van der Waals surface area contributed by atoms with Crippen LogP contribution in [-0.4, -0.2) is 61.8 Å². The lowest BCUT2D eigenvalue weighted by Gasteiger charge is -2.13. The van der Waals surface area contributed by atoms with Gasteiger partial charge in [-0.2, -0.15) is 13.2 Å². The highest BCUT2D eigenvalue weighted by molar-refractivity contribution is 6.03. The molecule has 0 unspecified atom stereocenters. The Bertz CT molecular complexity index is 1430. The number of hydrogen-bond acceptors (Lipinski definition) is 7. The predicted octanol–water partition coefficient (Wildman–Crippen LogP) is 2.65. The van der Waals surface area contributed by atoms with Crippen molar-refractivity contribution in [2.45, 2.75) is 12.5 Å². The largest absolute Gasteiger partial charge is 0.573 e. The van der Waals surface area contributed by atoms with Crippen molar-refractivity contribution in [1.82, 2.24) is 14.9 Å². The summed E-state index contributed by atoms with van der Waals surface area (Å²) >= 11 is 0. The molecule has 0 spiro atoms. The van der Waals surface area contributed by atoms with E-state index in [2.05, 4.69) is 9.72 Å². The van der Waals surface area contributed by atoms with Gasteiger partial charge in [-0.1, -0.05) is 0 Å². The van der Waals surface area contributed by atoms with Gasteiger partial charge in [0, 0.05) is 18.0 Å². The highest BCUT2D eigenvalue weighted by Gasteiger charge is 2.38. The van der Waals surface area contributed by atoms with Crippen LogP contribution in [0.4, 0.5) is 26.3 Å². The Morgan fingerprint density at radius 1 is 1.05 bits per heavy atom. The number of aliphatic carboxylic acids is 2. The van der Waals surface area contributed by atoms with Crippen LogP contribution in [0.3, 0.4) is 0 Å². The number of pyridine rings is 2. The number of carboxylic acid groups (broad SMARTS) is 2. The van der Waals surface area contributed by atoms with E-state index in [4.69, 9.17) is 15.0 Å². The summed E-state index contributed by atoms with van der Waals surface area (Å²) in [7, 11) is 1.34. The fraction of sp³-hybridized carbons (Fsp3) is 0.190. The average molecular weight is 551 g/mol. The normalized spacial score (nSPS) is 11.3. The highest BCUT2D eigenvalue weighted by atomic mass is 19.4. The van der Waals surface area contributed by atoms with Crippen LogP contribution in [0, 0.1) is 0 Å². The monoisotopic (exact) mass is 551 g/mol. The van der Waals surface area contributed by atoms with Gasteiger partial charge in [0.1, 0.15) is 23.6 Å². The number of carbonyl (C=O) groups excluding carboxylic acids is 1. The molecule has 0 aliphatic carbocycles. The van der Waals surface area contributed by atoms with Crippen LogP contribution in [0.15, 0.2) is 41.3 Å². The van der Waals surface area contributed by atoms with Gasteiger partial charge in [0.2, 0.25) is 0 Å². The number of ether oxygens (including phenoxy) is 1. The topological polar surface area (TPSA) is 168 Å². The highest BCUT2D eigenvalue weighted by Crippen LogP contribution is 2.31. The molecule has 1 aromatic carbocycles. The van der Waals surface area contributed by atoms with Crippen molar-refractivity contribution in [1.29, 1.82) is 0 Å². The lowest BCUT2D eigenvalue weighted by molar-refractivity contribution is -0.274. The van der Waals surface area contributed by atoms with Crippen LogP contribution in [-0.2, 0) is 16.6 Å². The van der Waals surface area contributed by atoms with Gasteiger partial charge in [-0.05, 0) is 30.3 Å². The van der Waals surface area contributed by atoms with Crippen molar-refractivity contribution in [3.8, 4) is 22.8 Å². The third-order valence-electron chi connectivity index (χ3n) is 4.51. The SMILES string of the molecule is Cn1c(=O)c(C(=O)NCC(=O)O)c(O)c2cc(-c3ccc(OC(F)(F)F)cc3)ncc21.O=C(O)C(F)(F)F. The zero-order valence-electron chi connectivity index (χ0n) is 18.7. The van der Waals surface area contributed by atoms with E-state index < -0.39 is 59.6 Å². The number of nitrogens with zero attached hydrogens (tertiary/aromatic N) is 2. The molecule has 11 nitrogen and oxygen atoms in total. The van der Waals surface area contributed by atoms with Crippen molar-refractivity contribution >= 4 is 28.7 Å². The summed E-state index contributed by atoms with van der Waals surface area (Å²) in [5.41, 5.74) is -0.727. The van der Waals surface area contributed by atoms with Crippen molar-refractivity contribution in [2.24, 2.45) is 7.05 Å². The van der Waals surface area contributed by atoms with Gasteiger partial charge in [-0.15, -0.1) is 13.2 Å². The second-order valence-corrected chi connectivity index (χ2v) is 7.13. The summed E-state index contributed by atoms with van der Waals surface area (Å²) in [6.45, 7) is -0.757. The maximum Gasteiger partial charge on any atom is 0.573 e. The molecule has 1 amide bonds. The quantitative estimate of drug-likeness (QED) is 0.349. The molecule has 3 aromatic rings. The molecule has 0 radical (unpaired) electrons. The molecule has 0 saturated heterocycles. The first kappa shape index (κ1) is 29.4. The van der Waals surface area contributed by atoms with Crippen LogP contribution >= 0.6 is 0 Å². The molecule has 0 aliphatic heterocycles. The predicted molar refractivity (Wildman–Crippen MR) is 114 cm³/mol. The number of carbonyl (C=O) groups is 3. The van der Waals surface area contributed by atoms with Gasteiger partial charge >= 0.3 is 24.5 Å². The number of hydrogen-bond donors (Lipinski definition) is 4. The molecule has 0 saturated carbocycles. The summed E-state index contributed by atoms with van der Waals surface area (Å²) in [4.78, 5) is 48.4. The second-order valence-electron chi connectivity index (χ2n) is 7.13. The van der Waals surface area contributed by atoms with Gasteiger partial charge in [-0.3, -0.25) is 19.4 Å². The second kappa shape index (κ2) is 11.1. The Kier molecular flexibility index (Phi) is 8.55.